The number of hydrogen-bond donors (Lipinski definition) is 1. The van der Waals surface area contributed by atoms with Gasteiger partial charge in [-0.3, -0.25) is 4.79 Å². The van der Waals surface area contributed by atoms with E-state index < -0.39 is 0 Å². The first-order chi connectivity index (χ1) is 17.9. The number of nitrogens with one attached hydrogen (secondary N) is 1. The van der Waals surface area contributed by atoms with Crippen LogP contribution in [0.2, 0.25) is 5.02 Å². The summed E-state index contributed by atoms with van der Waals surface area (Å²) in [6.07, 6.45) is 4.15. The highest BCUT2D eigenvalue weighted by molar-refractivity contribution is 7.16. The number of nitrogens with zero attached hydrogens (tertiary/aromatic N) is 1. The number of hydrogen-bond acceptors (Lipinski definition) is 5. The number of amides is 1. The molecule has 0 unspecified atom stereocenters. The summed E-state index contributed by atoms with van der Waals surface area (Å²) in [6.45, 7) is 7.36. The Balaban J connectivity index is 1.72. The van der Waals surface area contributed by atoms with E-state index >= 15 is 0 Å². The van der Waals surface area contributed by atoms with Crippen molar-refractivity contribution in [3.05, 3.63) is 74.9 Å². The average molecular weight is 535 g/mol. The van der Waals surface area contributed by atoms with Crippen molar-refractivity contribution in [3.8, 4) is 17.1 Å². The van der Waals surface area contributed by atoms with Crippen LogP contribution in [0.25, 0.3) is 22.3 Å². The summed E-state index contributed by atoms with van der Waals surface area (Å²) < 4.78 is 12.1. The van der Waals surface area contributed by atoms with E-state index in [9.17, 15) is 4.79 Å². The fraction of sp³-hybridized carbons (Fsp3) is 0.333. The highest BCUT2D eigenvalue weighted by Gasteiger charge is 2.25. The van der Waals surface area contributed by atoms with E-state index in [0.717, 1.165) is 63.9 Å². The Labute approximate surface area is 226 Å². The van der Waals surface area contributed by atoms with Crippen LogP contribution in [-0.2, 0) is 12.8 Å². The van der Waals surface area contributed by atoms with Crippen molar-refractivity contribution in [2.24, 2.45) is 10.9 Å². The molecule has 2 aromatic carbocycles. The summed E-state index contributed by atoms with van der Waals surface area (Å²) in [6, 6.07) is 15.3. The molecule has 0 radical (unpaired) electrons. The number of fused-ring (bicyclic) bond motifs is 2. The lowest BCUT2D eigenvalue weighted by molar-refractivity contribution is 0.0949. The van der Waals surface area contributed by atoms with Crippen LogP contribution in [0.4, 0.5) is 5.00 Å². The molecule has 37 heavy (non-hydrogen) atoms. The van der Waals surface area contributed by atoms with E-state index in [1.807, 2.05) is 55.5 Å². The lowest BCUT2D eigenvalue weighted by Gasteiger charge is -2.13. The van der Waals surface area contributed by atoms with Crippen molar-refractivity contribution in [2.75, 3.05) is 13.2 Å². The Bertz CT molecular complexity index is 1500. The number of rotatable bonds is 7. The predicted octanol–water partition coefficient (Wildman–Crippen LogP) is 7.71. The predicted molar refractivity (Wildman–Crippen MR) is 151 cm³/mol. The van der Waals surface area contributed by atoms with E-state index in [-0.39, 0.29) is 5.91 Å². The average Bonchev–Trinajstić information content (AvgIpc) is 3.26. The monoisotopic (exact) mass is 534 g/mol. The lowest BCUT2D eigenvalue weighted by atomic mass is 9.95. The molecule has 7 heteroatoms. The zero-order valence-corrected chi connectivity index (χ0v) is 23.0. The van der Waals surface area contributed by atoms with Crippen LogP contribution in [0, 0.1) is 5.92 Å². The van der Waals surface area contributed by atoms with Crippen LogP contribution < -0.4 is 15.4 Å². The van der Waals surface area contributed by atoms with Gasteiger partial charge in [0, 0.05) is 33.5 Å². The molecule has 2 aromatic heterocycles. The third-order valence-corrected chi connectivity index (χ3v) is 7.86. The second-order valence-corrected chi connectivity index (χ2v) is 11.2. The van der Waals surface area contributed by atoms with Gasteiger partial charge >= 0.3 is 0 Å². The van der Waals surface area contributed by atoms with Gasteiger partial charge in [-0.05, 0) is 86.6 Å². The number of carbonyl (C=O) groups is 1. The van der Waals surface area contributed by atoms with E-state index in [1.165, 1.54) is 4.88 Å². The second kappa shape index (κ2) is 11.1. The smallest absolute Gasteiger partial charge is 0.254 e. The molecule has 0 bridgehead atoms. The minimum absolute atomic E-state index is 0.0373. The van der Waals surface area contributed by atoms with Crippen molar-refractivity contribution >= 4 is 44.8 Å². The Kier molecular flexibility index (Phi) is 7.68. The molecule has 1 N–H and O–H groups in total. The van der Waals surface area contributed by atoms with Crippen molar-refractivity contribution < 1.29 is 13.9 Å². The molecule has 192 valence electrons. The first kappa shape index (κ1) is 25.6. The van der Waals surface area contributed by atoms with E-state index in [4.69, 9.17) is 25.7 Å². The number of thiophene rings is 1. The van der Waals surface area contributed by atoms with E-state index in [0.29, 0.717) is 35.4 Å². The summed E-state index contributed by atoms with van der Waals surface area (Å²) >= 11 is 7.76. The molecule has 1 aliphatic carbocycles. The van der Waals surface area contributed by atoms with Gasteiger partial charge in [0.25, 0.3) is 5.91 Å². The quantitative estimate of drug-likeness (QED) is 0.264. The Morgan fingerprint density at radius 3 is 2.68 bits per heavy atom. The summed E-state index contributed by atoms with van der Waals surface area (Å²) in [5, 5.41) is 6.12. The van der Waals surface area contributed by atoms with Crippen LogP contribution in [-0.4, -0.2) is 19.1 Å². The molecule has 2 heterocycles. The van der Waals surface area contributed by atoms with Gasteiger partial charge in [-0.1, -0.05) is 25.4 Å². The summed E-state index contributed by atoms with van der Waals surface area (Å²) in [7, 11) is 0. The maximum Gasteiger partial charge on any atom is 0.254 e. The first-order valence-electron chi connectivity index (χ1n) is 12.9. The van der Waals surface area contributed by atoms with Gasteiger partial charge in [0.2, 0.25) is 0 Å². The molecule has 0 atom stereocenters. The normalized spacial score (nSPS) is 13.7. The van der Waals surface area contributed by atoms with Crippen LogP contribution in [0.5, 0.6) is 5.75 Å². The van der Waals surface area contributed by atoms with Gasteiger partial charge < -0.3 is 14.5 Å². The Morgan fingerprint density at radius 1 is 1.14 bits per heavy atom. The third-order valence-electron chi connectivity index (χ3n) is 6.43. The SMILES string of the molecule is CCOc1ccc2oc(-c3ccc(Cl)cc3)cc(=Nc3sc4c(c3C(=O)NCC(C)C)CCCC4)c2c1. The lowest BCUT2D eigenvalue weighted by Crippen LogP contribution is -2.28. The number of aryl methyl sites for hydroxylation is 1. The van der Waals surface area contributed by atoms with E-state index in [1.54, 1.807) is 11.3 Å². The van der Waals surface area contributed by atoms with Gasteiger partial charge in [-0.2, -0.15) is 0 Å². The van der Waals surface area contributed by atoms with Gasteiger partial charge in [0.15, 0.2) is 0 Å². The van der Waals surface area contributed by atoms with Gasteiger partial charge in [-0.25, -0.2) is 4.99 Å². The molecule has 0 saturated heterocycles. The maximum absolute atomic E-state index is 13.4. The molecular weight excluding hydrogens is 504 g/mol. The van der Waals surface area contributed by atoms with Crippen LogP contribution in [0.3, 0.4) is 0 Å². The van der Waals surface area contributed by atoms with Crippen LogP contribution in [0.1, 0.15) is 54.4 Å². The first-order valence-corrected chi connectivity index (χ1v) is 14.1. The minimum Gasteiger partial charge on any atom is -0.494 e. The van der Waals surface area contributed by atoms with Crippen molar-refractivity contribution in [3.63, 3.8) is 0 Å². The number of ether oxygens (including phenoxy) is 1. The zero-order chi connectivity index (χ0) is 25.9. The number of benzene rings is 2. The van der Waals surface area contributed by atoms with Gasteiger partial charge in [0.05, 0.1) is 17.5 Å². The van der Waals surface area contributed by atoms with Crippen molar-refractivity contribution in [1.29, 1.82) is 0 Å². The largest absolute Gasteiger partial charge is 0.494 e. The molecule has 1 aliphatic rings. The number of carbonyl (C=O) groups excluding carboxylic acids is 1. The Morgan fingerprint density at radius 2 is 1.92 bits per heavy atom. The third kappa shape index (κ3) is 5.60. The van der Waals surface area contributed by atoms with Crippen molar-refractivity contribution in [1.82, 2.24) is 5.32 Å². The molecule has 0 saturated carbocycles. The van der Waals surface area contributed by atoms with Crippen LogP contribution in [0.15, 0.2) is 57.9 Å². The zero-order valence-electron chi connectivity index (χ0n) is 21.4. The van der Waals surface area contributed by atoms with Crippen LogP contribution >= 0.6 is 22.9 Å². The molecule has 0 spiro atoms. The second-order valence-electron chi connectivity index (χ2n) is 9.70. The molecule has 4 aromatic rings. The summed E-state index contributed by atoms with van der Waals surface area (Å²) in [4.78, 5) is 19.8. The summed E-state index contributed by atoms with van der Waals surface area (Å²) in [5.74, 6) is 1.77. The summed E-state index contributed by atoms with van der Waals surface area (Å²) in [5.41, 5.74) is 3.48. The minimum atomic E-state index is -0.0373. The maximum atomic E-state index is 13.4. The highest BCUT2D eigenvalue weighted by Crippen LogP contribution is 2.40. The fourth-order valence-corrected chi connectivity index (χ4v) is 6.01. The Hall–Kier alpha value is -3.09. The highest BCUT2D eigenvalue weighted by atomic mass is 35.5. The van der Waals surface area contributed by atoms with E-state index in [2.05, 4.69) is 19.2 Å². The molecule has 0 aliphatic heterocycles. The molecule has 5 rings (SSSR count). The molecule has 0 fully saturated rings. The van der Waals surface area contributed by atoms with Gasteiger partial charge in [0.1, 0.15) is 22.1 Å². The molecule has 1 amide bonds. The fourth-order valence-electron chi connectivity index (χ4n) is 4.61. The molecular formula is C30H31ClN2O3S. The van der Waals surface area contributed by atoms with Gasteiger partial charge in [-0.15, -0.1) is 11.3 Å². The van der Waals surface area contributed by atoms with Crippen molar-refractivity contribution in [2.45, 2.75) is 46.5 Å². The molecule has 5 nitrogen and oxygen atoms in total. The topological polar surface area (TPSA) is 63.8 Å². The number of halogens is 1. The standard InChI is InChI=1S/C30H31ClN2O3S/c1-4-35-21-13-14-25-23(15-21)24(16-26(36-25)19-9-11-20(31)12-10-19)33-30-28(29(34)32-17-18(2)3)22-7-5-6-8-27(22)37-30/h9-16,18H,4-8,17H2,1-3H3,(H,32,34).